The van der Waals surface area contributed by atoms with Crippen LogP contribution in [0.5, 0.6) is 11.5 Å². The Balaban J connectivity index is 2.09. The van der Waals surface area contributed by atoms with Gasteiger partial charge in [-0.2, -0.15) is 0 Å². The van der Waals surface area contributed by atoms with E-state index in [1.807, 2.05) is 0 Å². The Hall–Kier alpha value is -1.26. The number of hydrogen-bond donors (Lipinski definition) is 1. The van der Waals surface area contributed by atoms with E-state index in [2.05, 4.69) is 4.90 Å². The van der Waals surface area contributed by atoms with Crippen LogP contribution in [0, 0.1) is 0 Å². The Morgan fingerprint density at radius 3 is 2.81 bits per heavy atom. The molecular weight excluding hydrogens is 206 g/mol. The zero-order chi connectivity index (χ0) is 11.4. The second kappa shape index (κ2) is 5.18. The molecule has 88 valence electrons. The predicted molar refractivity (Wildman–Crippen MR) is 60.8 cm³/mol. The molecule has 4 heteroatoms. The van der Waals surface area contributed by atoms with Crippen molar-refractivity contribution < 1.29 is 14.6 Å². The van der Waals surface area contributed by atoms with Crippen molar-refractivity contribution in [2.75, 3.05) is 33.4 Å². The van der Waals surface area contributed by atoms with Gasteiger partial charge in [-0.3, -0.25) is 4.90 Å². The summed E-state index contributed by atoms with van der Waals surface area (Å²) in [7, 11) is 1.65. The minimum atomic E-state index is 0.282. The molecule has 0 spiro atoms. The van der Waals surface area contributed by atoms with Crippen molar-refractivity contribution in [1.82, 2.24) is 4.90 Å². The van der Waals surface area contributed by atoms with Gasteiger partial charge in [0, 0.05) is 25.2 Å². The molecule has 16 heavy (non-hydrogen) atoms. The molecule has 0 radical (unpaired) electrons. The van der Waals surface area contributed by atoms with Gasteiger partial charge in [-0.1, -0.05) is 0 Å². The Morgan fingerprint density at radius 1 is 1.38 bits per heavy atom. The lowest BCUT2D eigenvalue weighted by atomic mass is 10.1. The fraction of sp³-hybridized carbons (Fsp3) is 0.500. The fourth-order valence-electron chi connectivity index (χ4n) is 1.89. The molecule has 0 saturated carbocycles. The quantitative estimate of drug-likeness (QED) is 0.837. The van der Waals surface area contributed by atoms with Gasteiger partial charge in [0.1, 0.15) is 11.5 Å². The molecule has 0 amide bonds. The first-order chi connectivity index (χ1) is 7.79. The van der Waals surface area contributed by atoms with E-state index in [-0.39, 0.29) is 5.75 Å². The van der Waals surface area contributed by atoms with Crippen LogP contribution in [0.1, 0.15) is 5.56 Å². The largest absolute Gasteiger partial charge is 0.508 e. The summed E-state index contributed by atoms with van der Waals surface area (Å²) in [6.07, 6.45) is 0. The van der Waals surface area contributed by atoms with Crippen molar-refractivity contribution in [2.45, 2.75) is 6.54 Å². The van der Waals surface area contributed by atoms with Crippen LogP contribution < -0.4 is 4.74 Å². The Bertz CT molecular complexity index is 348. The van der Waals surface area contributed by atoms with Gasteiger partial charge in [0.05, 0.1) is 20.3 Å². The molecule has 1 aliphatic rings. The molecule has 1 aromatic rings. The van der Waals surface area contributed by atoms with Crippen molar-refractivity contribution in [3.8, 4) is 11.5 Å². The van der Waals surface area contributed by atoms with Gasteiger partial charge in [-0.05, 0) is 18.2 Å². The van der Waals surface area contributed by atoms with Gasteiger partial charge >= 0.3 is 0 Å². The van der Waals surface area contributed by atoms with Gasteiger partial charge in [-0.25, -0.2) is 0 Å². The normalized spacial score (nSPS) is 17.3. The highest BCUT2D eigenvalue weighted by Gasteiger charge is 2.13. The number of nitrogens with zero attached hydrogens (tertiary/aromatic N) is 1. The Morgan fingerprint density at radius 2 is 2.12 bits per heavy atom. The monoisotopic (exact) mass is 223 g/mol. The number of morpholine rings is 1. The standard InChI is InChI=1S/C12H17NO3/c1-15-12-3-2-11(14)8-10(12)9-13-4-6-16-7-5-13/h2-3,8,14H,4-7,9H2,1H3. The molecule has 1 aromatic carbocycles. The molecule has 1 N–H and O–H groups in total. The van der Waals surface area contributed by atoms with Crippen molar-refractivity contribution in [3.63, 3.8) is 0 Å². The summed E-state index contributed by atoms with van der Waals surface area (Å²) in [4.78, 5) is 2.29. The minimum absolute atomic E-state index is 0.282. The minimum Gasteiger partial charge on any atom is -0.508 e. The van der Waals surface area contributed by atoms with Crippen LogP contribution in [-0.4, -0.2) is 43.4 Å². The highest BCUT2D eigenvalue weighted by molar-refractivity contribution is 5.39. The topological polar surface area (TPSA) is 41.9 Å². The van der Waals surface area contributed by atoms with E-state index >= 15 is 0 Å². The molecule has 0 atom stereocenters. The maximum atomic E-state index is 9.46. The molecule has 0 unspecified atom stereocenters. The highest BCUT2D eigenvalue weighted by Crippen LogP contribution is 2.24. The number of phenols is 1. The van der Waals surface area contributed by atoms with Crippen LogP contribution in [0.2, 0.25) is 0 Å². The third kappa shape index (κ3) is 2.65. The first kappa shape index (κ1) is 11.2. The molecule has 0 aromatic heterocycles. The first-order valence-corrected chi connectivity index (χ1v) is 5.45. The average molecular weight is 223 g/mol. The van der Waals surface area contributed by atoms with Crippen molar-refractivity contribution in [3.05, 3.63) is 23.8 Å². The molecule has 1 saturated heterocycles. The number of hydrogen-bond acceptors (Lipinski definition) is 4. The summed E-state index contributed by atoms with van der Waals surface area (Å²) in [5.74, 6) is 1.10. The number of ether oxygens (including phenoxy) is 2. The van der Waals surface area contributed by atoms with Crippen molar-refractivity contribution >= 4 is 0 Å². The third-order valence-corrected chi connectivity index (χ3v) is 2.76. The molecule has 2 rings (SSSR count). The van der Waals surface area contributed by atoms with Crippen LogP contribution in [0.4, 0.5) is 0 Å². The number of phenolic OH excluding ortho intramolecular Hbond substituents is 1. The van der Waals surface area contributed by atoms with Crippen molar-refractivity contribution in [2.24, 2.45) is 0 Å². The van der Waals surface area contributed by atoms with Crippen LogP contribution in [0.25, 0.3) is 0 Å². The number of rotatable bonds is 3. The zero-order valence-electron chi connectivity index (χ0n) is 9.48. The second-order valence-electron chi connectivity index (χ2n) is 3.88. The summed E-state index contributed by atoms with van der Waals surface area (Å²) >= 11 is 0. The summed E-state index contributed by atoms with van der Waals surface area (Å²) in [5, 5.41) is 9.46. The zero-order valence-corrected chi connectivity index (χ0v) is 9.48. The second-order valence-corrected chi connectivity index (χ2v) is 3.88. The maximum Gasteiger partial charge on any atom is 0.123 e. The van der Waals surface area contributed by atoms with E-state index in [1.165, 1.54) is 0 Å². The van der Waals surface area contributed by atoms with Crippen molar-refractivity contribution in [1.29, 1.82) is 0 Å². The maximum absolute atomic E-state index is 9.46. The van der Waals surface area contributed by atoms with E-state index in [1.54, 1.807) is 25.3 Å². The SMILES string of the molecule is COc1ccc(O)cc1CN1CCOCC1. The summed E-state index contributed by atoms with van der Waals surface area (Å²) in [6, 6.07) is 5.20. The lowest BCUT2D eigenvalue weighted by Crippen LogP contribution is -2.35. The fourth-order valence-corrected chi connectivity index (χ4v) is 1.89. The average Bonchev–Trinajstić information content (AvgIpc) is 2.31. The van der Waals surface area contributed by atoms with Crippen LogP contribution in [-0.2, 0) is 11.3 Å². The Labute approximate surface area is 95.4 Å². The van der Waals surface area contributed by atoms with E-state index in [9.17, 15) is 5.11 Å². The number of methoxy groups -OCH3 is 1. The van der Waals surface area contributed by atoms with E-state index in [0.29, 0.717) is 0 Å². The van der Waals surface area contributed by atoms with Gasteiger partial charge in [0.15, 0.2) is 0 Å². The molecule has 1 heterocycles. The van der Waals surface area contributed by atoms with Crippen LogP contribution in [0.3, 0.4) is 0 Å². The molecule has 0 bridgehead atoms. The van der Waals surface area contributed by atoms with Gasteiger partial charge in [-0.15, -0.1) is 0 Å². The Kier molecular flexibility index (Phi) is 3.64. The molecule has 1 fully saturated rings. The number of aromatic hydroxyl groups is 1. The van der Waals surface area contributed by atoms with Crippen LogP contribution >= 0.6 is 0 Å². The third-order valence-electron chi connectivity index (χ3n) is 2.76. The van der Waals surface area contributed by atoms with Crippen LogP contribution in [0.15, 0.2) is 18.2 Å². The smallest absolute Gasteiger partial charge is 0.123 e. The lowest BCUT2D eigenvalue weighted by Gasteiger charge is -2.27. The first-order valence-electron chi connectivity index (χ1n) is 5.45. The summed E-state index contributed by atoms with van der Waals surface area (Å²) in [5.41, 5.74) is 1.02. The van der Waals surface area contributed by atoms with E-state index < -0.39 is 0 Å². The molecule has 1 aliphatic heterocycles. The molecule has 4 nitrogen and oxygen atoms in total. The molecule has 0 aliphatic carbocycles. The predicted octanol–water partition coefficient (Wildman–Crippen LogP) is 1.23. The van der Waals surface area contributed by atoms with Gasteiger partial charge in [0.25, 0.3) is 0 Å². The van der Waals surface area contributed by atoms with E-state index in [0.717, 1.165) is 44.2 Å². The van der Waals surface area contributed by atoms with Gasteiger partial charge in [0.2, 0.25) is 0 Å². The number of benzene rings is 1. The lowest BCUT2D eigenvalue weighted by molar-refractivity contribution is 0.0338. The summed E-state index contributed by atoms with van der Waals surface area (Å²) in [6.45, 7) is 4.21. The summed E-state index contributed by atoms with van der Waals surface area (Å²) < 4.78 is 10.6. The van der Waals surface area contributed by atoms with Gasteiger partial charge < -0.3 is 14.6 Å². The van der Waals surface area contributed by atoms with E-state index in [4.69, 9.17) is 9.47 Å². The highest BCUT2D eigenvalue weighted by atomic mass is 16.5. The molecular formula is C12H17NO3.